The van der Waals surface area contributed by atoms with Crippen molar-refractivity contribution in [2.24, 2.45) is 7.05 Å². The lowest BCUT2D eigenvalue weighted by molar-refractivity contribution is 0.350. The molecule has 0 radical (unpaired) electrons. The van der Waals surface area contributed by atoms with E-state index in [9.17, 15) is 8.42 Å². The van der Waals surface area contributed by atoms with Crippen LogP contribution < -0.4 is 4.72 Å². The minimum atomic E-state index is -3.75. The first-order valence-corrected chi connectivity index (χ1v) is 7.08. The summed E-state index contributed by atoms with van der Waals surface area (Å²) in [4.78, 5) is 3.92. The zero-order valence-electron chi connectivity index (χ0n) is 10.6. The van der Waals surface area contributed by atoms with Crippen LogP contribution in [0.4, 0.5) is 5.82 Å². The van der Waals surface area contributed by atoms with Gasteiger partial charge in [-0.2, -0.15) is 13.5 Å². The molecule has 104 valence electrons. The number of hydrogen-bond donors (Lipinski definition) is 2. The van der Waals surface area contributed by atoms with Crippen molar-refractivity contribution in [3.8, 4) is 11.8 Å². The Kier molecular flexibility index (Phi) is 4.02. The zero-order chi connectivity index (χ0) is 14.6. The van der Waals surface area contributed by atoms with E-state index < -0.39 is 10.0 Å². The van der Waals surface area contributed by atoms with E-state index in [4.69, 9.17) is 5.11 Å². The first-order valence-electron chi connectivity index (χ1n) is 5.59. The summed E-state index contributed by atoms with van der Waals surface area (Å²) in [6.07, 6.45) is 2.83. The van der Waals surface area contributed by atoms with Gasteiger partial charge in [-0.15, -0.1) is 0 Å². The summed E-state index contributed by atoms with van der Waals surface area (Å²) < 4.78 is 27.8. The van der Waals surface area contributed by atoms with E-state index in [0.29, 0.717) is 5.56 Å². The van der Waals surface area contributed by atoms with Crippen molar-refractivity contribution in [1.29, 1.82) is 0 Å². The lowest BCUT2D eigenvalue weighted by atomic mass is 10.2. The van der Waals surface area contributed by atoms with E-state index in [1.807, 2.05) is 0 Å². The summed E-state index contributed by atoms with van der Waals surface area (Å²) in [6, 6.07) is 4.48. The third-order valence-corrected chi connectivity index (χ3v) is 3.79. The highest BCUT2D eigenvalue weighted by Gasteiger charge is 2.18. The van der Waals surface area contributed by atoms with Crippen LogP contribution in [0.2, 0.25) is 0 Å². The van der Waals surface area contributed by atoms with Gasteiger partial charge in [0.05, 0.1) is 6.20 Å². The SMILES string of the molecule is Cn1nccc1S(=O)(=O)Nc1cc(C#CCO)ccn1. The molecule has 8 heteroatoms. The molecule has 0 fully saturated rings. The molecule has 20 heavy (non-hydrogen) atoms. The summed E-state index contributed by atoms with van der Waals surface area (Å²) >= 11 is 0. The Bertz CT molecular complexity index is 771. The molecular weight excluding hydrogens is 280 g/mol. The predicted octanol–water partition coefficient (Wildman–Crippen LogP) is -0.0403. The largest absolute Gasteiger partial charge is 0.384 e. The van der Waals surface area contributed by atoms with Crippen molar-refractivity contribution >= 4 is 15.8 Å². The summed E-state index contributed by atoms with van der Waals surface area (Å²) in [5, 5.41) is 12.5. The van der Waals surface area contributed by atoms with Gasteiger partial charge in [0.15, 0.2) is 5.03 Å². The van der Waals surface area contributed by atoms with E-state index >= 15 is 0 Å². The molecule has 2 aromatic heterocycles. The summed E-state index contributed by atoms with van der Waals surface area (Å²) in [7, 11) is -2.21. The fraction of sp³-hybridized carbons (Fsp3) is 0.167. The number of sulfonamides is 1. The molecule has 0 saturated carbocycles. The molecule has 0 aromatic carbocycles. The van der Waals surface area contributed by atoms with Crippen molar-refractivity contribution in [2.75, 3.05) is 11.3 Å². The number of aryl methyl sites for hydroxylation is 1. The molecular formula is C12H12N4O3S. The van der Waals surface area contributed by atoms with E-state index in [2.05, 4.69) is 26.6 Å². The number of anilines is 1. The van der Waals surface area contributed by atoms with Crippen LogP contribution in [-0.2, 0) is 17.1 Å². The summed E-state index contributed by atoms with van der Waals surface area (Å²) in [5.74, 6) is 5.30. The Morgan fingerprint density at radius 3 is 2.85 bits per heavy atom. The summed E-state index contributed by atoms with van der Waals surface area (Å²) in [5.41, 5.74) is 0.553. The number of pyridine rings is 1. The second-order valence-electron chi connectivity index (χ2n) is 3.79. The first kappa shape index (κ1) is 14.0. The maximum Gasteiger partial charge on any atom is 0.280 e. The second-order valence-corrected chi connectivity index (χ2v) is 5.42. The van der Waals surface area contributed by atoms with Gasteiger partial charge in [-0.1, -0.05) is 11.8 Å². The van der Waals surface area contributed by atoms with Gasteiger partial charge >= 0.3 is 0 Å². The smallest absolute Gasteiger partial charge is 0.280 e. The Morgan fingerprint density at radius 2 is 2.20 bits per heavy atom. The van der Waals surface area contributed by atoms with Gasteiger partial charge in [0, 0.05) is 18.8 Å². The Morgan fingerprint density at radius 1 is 1.40 bits per heavy atom. The van der Waals surface area contributed by atoms with Crippen LogP contribution in [-0.4, -0.2) is 34.9 Å². The van der Waals surface area contributed by atoms with Gasteiger partial charge in [0.25, 0.3) is 10.0 Å². The maximum atomic E-state index is 12.1. The van der Waals surface area contributed by atoms with Crippen molar-refractivity contribution in [1.82, 2.24) is 14.8 Å². The fourth-order valence-electron chi connectivity index (χ4n) is 1.52. The minimum Gasteiger partial charge on any atom is -0.384 e. The van der Waals surface area contributed by atoms with Crippen molar-refractivity contribution < 1.29 is 13.5 Å². The Balaban J connectivity index is 2.28. The highest BCUT2D eigenvalue weighted by Crippen LogP contribution is 2.13. The van der Waals surface area contributed by atoms with Crippen molar-refractivity contribution in [2.45, 2.75) is 5.03 Å². The molecule has 0 aliphatic heterocycles. The molecule has 0 aliphatic carbocycles. The van der Waals surface area contributed by atoms with Crippen LogP contribution in [0, 0.1) is 11.8 Å². The van der Waals surface area contributed by atoms with Crippen LogP contribution in [0.5, 0.6) is 0 Å². The van der Waals surface area contributed by atoms with Gasteiger partial charge in [0.2, 0.25) is 0 Å². The molecule has 7 nitrogen and oxygen atoms in total. The standard InChI is InChI=1S/C12H12N4O3S/c1-16-12(5-7-14-16)20(18,19)15-11-9-10(3-2-8-17)4-6-13-11/h4-7,9,17H,8H2,1H3,(H,13,15). The monoisotopic (exact) mass is 292 g/mol. The Hall–Kier alpha value is -2.37. The first-order chi connectivity index (χ1) is 9.53. The zero-order valence-corrected chi connectivity index (χ0v) is 11.4. The van der Waals surface area contributed by atoms with Gasteiger partial charge in [-0.05, 0) is 18.2 Å². The lowest BCUT2D eigenvalue weighted by Gasteiger charge is -2.07. The van der Waals surface area contributed by atoms with Crippen LogP contribution in [0.25, 0.3) is 0 Å². The van der Waals surface area contributed by atoms with Gasteiger partial charge in [-0.3, -0.25) is 9.40 Å². The molecule has 0 spiro atoms. The molecule has 0 bridgehead atoms. The average molecular weight is 292 g/mol. The van der Waals surface area contributed by atoms with Gasteiger partial charge in [-0.25, -0.2) is 4.98 Å². The second kappa shape index (κ2) is 5.73. The fourth-order valence-corrected chi connectivity index (χ4v) is 2.65. The highest BCUT2D eigenvalue weighted by atomic mass is 32.2. The van der Waals surface area contributed by atoms with Gasteiger partial charge < -0.3 is 5.11 Å². The maximum absolute atomic E-state index is 12.1. The molecule has 0 unspecified atom stereocenters. The van der Waals surface area contributed by atoms with E-state index in [0.717, 1.165) is 0 Å². The molecule has 0 aliphatic rings. The number of rotatable bonds is 3. The van der Waals surface area contributed by atoms with Crippen molar-refractivity contribution in [3.63, 3.8) is 0 Å². The number of hydrogen-bond acceptors (Lipinski definition) is 5. The topological polar surface area (TPSA) is 97.1 Å². The molecule has 0 amide bonds. The number of aliphatic hydroxyl groups is 1. The Labute approximate surface area is 116 Å². The minimum absolute atomic E-state index is 0.0335. The van der Waals surface area contributed by atoms with Crippen molar-refractivity contribution in [3.05, 3.63) is 36.2 Å². The highest BCUT2D eigenvalue weighted by molar-refractivity contribution is 7.92. The molecule has 2 N–H and O–H groups in total. The molecule has 2 heterocycles. The normalized spacial score (nSPS) is 10.7. The molecule has 0 atom stereocenters. The third kappa shape index (κ3) is 3.14. The van der Waals surface area contributed by atoms with E-state index in [1.54, 1.807) is 6.07 Å². The number of nitrogens with zero attached hydrogens (tertiary/aromatic N) is 3. The lowest BCUT2D eigenvalue weighted by Crippen LogP contribution is -2.17. The van der Waals surface area contributed by atoms with Crippen LogP contribution >= 0.6 is 0 Å². The van der Waals surface area contributed by atoms with Crippen LogP contribution in [0.3, 0.4) is 0 Å². The van der Waals surface area contributed by atoms with Crippen LogP contribution in [0.15, 0.2) is 35.6 Å². The molecule has 2 rings (SSSR count). The number of aromatic nitrogens is 3. The molecule has 2 aromatic rings. The van der Waals surface area contributed by atoms with E-state index in [-0.39, 0.29) is 17.5 Å². The number of nitrogens with one attached hydrogen (secondary N) is 1. The van der Waals surface area contributed by atoms with E-state index in [1.165, 1.54) is 36.3 Å². The number of aliphatic hydroxyl groups excluding tert-OH is 1. The quantitative estimate of drug-likeness (QED) is 0.774. The van der Waals surface area contributed by atoms with Crippen LogP contribution in [0.1, 0.15) is 5.56 Å². The molecule has 0 saturated heterocycles. The average Bonchev–Trinajstić information content (AvgIpc) is 2.83. The van der Waals surface area contributed by atoms with Gasteiger partial charge in [0.1, 0.15) is 12.4 Å². The third-order valence-electron chi connectivity index (χ3n) is 2.36. The predicted molar refractivity (Wildman–Crippen MR) is 72.2 cm³/mol. The summed E-state index contributed by atoms with van der Waals surface area (Å²) in [6.45, 7) is -0.265.